The molecule has 0 saturated heterocycles. The van der Waals surface area contributed by atoms with Crippen molar-refractivity contribution < 1.29 is 9.47 Å². The Hall–Kier alpha value is -2.75. The minimum Gasteiger partial charge on any atom is -0.497 e. The highest BCUT2D eigenvalue weighted by Crippen LogP contribution is 2.33. The van der Waals surface area contributed by atoms with Gasteiger partial charge in [-0.3, -0.25) is 0 Å². The van der Waals surface area contributed by atoms with Gasteiger partial charge in [0.1, 0.15) is 5.75 Å². The van der Waals surface area contributed by atoms with E-state index >= 15 is 0 Å². The number of hydrogen-bond acceptors (Lipinski definition) is 4. The van der Waals surface area contributed by atoms with Crippen molar-refractivity contribution in [2.24, 2.45) is 0 Å². The molecular weight excluding hydrogens is 264 g/mol. The van der Waals surface area contributed by atoms with Crippen LogP contribution in [0.2, 0.25) is 0 Å². The van der Waals surface area contributed by atoms with Crippen LogP contribution in [0.4, 0.5) is 5.69 Å². The molecule has 2 N–H and O–H groups in total. The van der Waals surface area contributed by atoms with Crippen LogP contribution in [0.5, 0.6) is 17.4 Å². The number of ether oxygens (including phenoxy) is 2. The highest BCUT2D eigenvalue weighted by atomic mass is 16.5. The predicted octanol–water partition coefficient (Wildman–Crippen LogP) is 3.93. The van der Waals surface area contributed by atoms with Crippen molar-refractivity contribution in [2.45, 2.75) is 6.92 Å². The third kappa shape index (κ3) is 2.60. The molecule has 21 heavy (non-hydrogen) atoms. The molecule has 0 saturated carbocycles. The lowest BCUT2D eigenvalue weighted by atomic mass is 10.1. The van der Waals surface area contributed by atoms with Crippen LogP contribution in [0, 0.1) is 6.92 Å². The van der Waals surface area contributed by atoms with E-state index in [2.05, 4.69) is 4.98 Å². The van der Waals surface area contributed by atoms with E-state index in [1.807, 2.05) is 49.4 Å². The minimum atomic E-state index is 0.516. The summed E-state index contributed by atoms with van der Waals surface area (Å²) >= 11 is 0. The third-order valence-corrected chi connectivity index (χ3v) is 3.31. The van der Waals surface area contributed by atoms with Gasteiger partial charge in [0, 0.05) is 11.6 Å². The fraction of sp³-hybridized carbons (Fsp3) is 0.118. The van der Waals surface area contributed by atoms with E-state index in [1.54, 1.807) is 13.3 Å². The Bertz CT molecular complexity index is 800. The average Bonchev–Trinajstić information content (AvgIpc) is 2.50. The van der Waals surface area contributed by atoms with Gasteiger partial charge in [-0.15, -0.1) is 0 Å². The Morgan fingerprint density at radius 2 is 1.90 bits per heavy atom. The fourth-order valence-corrected chi connectivity index (χ4v) is 2.19. The first-order valence-corrected chi connectivity index (χ1v) is 6.64. The molecule has 0 aliphatic heterocycles. The molecule has 0 radical (unpaired) electrons. The zero-order valence-corrected chi connectivity index (χ0v) is 12.0. The quantitative estimate of drug-likeness (QED) is 0.739. The predicted molar refractivity (Wildman–Crippen MR) is 84.0 cm³/mol. The van der Waals surface area contributed by atoms with E-state index in [0.717, 1.165) is 22.1 Å². The van der Waals surface area contributed by atoms with Crippen LogP contribution in [0.25, 0.3) is 10.8 Å². The van der Waals surface area contributed by atoms with E-state index in [9.17, 15) is 0 Å². The lowest BCUT2D eigenvalue weighted by molar-refractivity contribution is 0.415. The van der Waals surface area contributed by atoms with Gasteiger partial charge in [-0.05, 0) is 48.2 Å². The molecule has 1 heterocycles. The number of methoxy groups -OCH3 is 1. The van der Waals surface area contributed by atoms with Gasteiger partial charge in [0.25, 0.3) is 0 Å². The second-order valence-electron chi connectivity index (χ2n) is 4.85. The molecule has 1 aromatic heterocycles. The Morgan fingerprint density at radius 3 is 2.67 bits per heavy atom. The number of nitrogen functional groups attached to an aromatic ring is 1. The summed E-state index contributed by atoms with van der Waals surface area (Å²) in [7, 11) is 1.63. The molecule has 0 amide bonds. The van der Waals surface area contributed by atoms with Gasteiger partial charge < -0.3 is 15.2 Å². The van der Waals surface area contributed by atoms with Gasteiger partial charge in [0.15, 0.2) is 5.75 Å². The maximum atomic E-state index is 5.99. The number of aryl methyl sites for hydroxylation is 1. The standard InChI is InChI=1S/C17H16N2O2/c1-11-3-6-16(15(18)9-11)21-17-14-10-13(20-2)5-4-12(14)7-8-19-17/h3-10H,18H2,1-2H3. The maximum Gasteiger partial charge on any atom is 0.227 e. The number of pyridine rings is 1. The maximum absolute atomic E-state index is 5.99. The number of nitrogens with zero attached hydrogens (tertiary/aromatic N) is 1. The number of rotatable bonds is 3. The molecule has 106 valence electrons. The molecule has 0 bridgehead atoms. The zero-order chi connectivity index (χ0) is 14.8. The van der Waals surface area contributed by atoms with E-state index in [-0.39, 0.29) is 0 Å². The number of benzene rings is 2. The SMILES string of the molecule is COc1ccc2ccnc(Oc3ccc(C)cc3N)c2c1. The Kier molecular flexibility index (Phi) is 3.36. The highest BCUT2D eigenvalue weighted by molar-refractivity contribution is 5.88. The van der Waals surface area contributed by atoms with Gasteiger partial charge >= 0.3 is 0 Å². The number of fused-ring (bicyclic) bond motifs is 1. The molecule has 0 spiro atoms. The molecule has 0 aliphatic carbocycles. The van der Waals surface area contributed by atoms with Crippen LogP contribution < -0.4 is 15.2 Å². The Labute approximate surface area is 123 Å². The van der Waals surface area contributed by atoms with Crippen LogP contribution in [0.15, 0.2) is 48.7 Å². The van der Waals surface area contributed by atoms with Crippen molar-refractivity contribution >= 4 is 16.5 Å². The summed E-state index contributed by atoms with van der Waals surface area (Å²) in [6, 6.07) is 13.4. The zero-order valence-electron chi connectivity index (χ0n) is 12.0. The summed E-state index contributed by atoms with van der Waals surface area (Å²) in [4.78, 5) is 4.31. The molecule has 3 aromatic rings. The van der Waals surface area contributed by atoms with Gasteiger partial charge in [0.2, 0.25) is 5.88 Å². The Balaban J connectivity index is 2.07. The van der Waals surface area contributed by atoms with Crippen molar-refractivity contribution in [2.75, 3.05) is 12.8 Å². The smallest absolute Gasteiger partial charge is 0.227 e. The first kappa shape index (κ1) is 13.2. The molecule has 4 heteroatoms. The fourth-order valence-electron chi connectivity index (χ4n) is 2.19. The van der Waals surface area contributed by atoms with Crippen LogP contribution >= 0.6 is 0 Å². The summed E-state index contributed by atoms with van der Waals surface area (Å²) in [5.74, 6) is 1.88. The number of aromatic nitrogens is 1. The molecule has 0 aliphatic rings. The van der Waals surface area contributed by atoms with E-state index < -0.39 is 0 Å². The molecule has 3 rings (SSSR count). The molecule has 0 fully saturated rings. The number of anilines is 1. The Morgan fingerprint density at radius 1 is 1.05 bits per heavy atom. The lowest BCUT2D eigenvalue weighted by Gasteiger charge is -2.11. The van der Waals surface area contributed by atoms with Crippen LogP contribution in [0.1, 0.15) is 5.56 Å². The lowest BCUT2D eigenvalue weighted by Crippen LogP contribution is -1.95. The monoisotopic (exact) mass is 280 g/mol. The summed E-state index contributed by atoms with van der Waals surface area (Å²) < 4.78 is 11.1. The summed E-state index contributed by atoms with van der Waals surface area (Å²) in [5.41, 5.74) is 7.68. The van der Waals surface area contributed by atoms with Gasteiger partial charge in [0.05, 0.1) is 12.8 Å². The van der Waals surface area contributed by atoms with Crippen molar-refractivity contribution in [1.82, 2.24) is 4.98 Å². The van der Waals surface area contributed by atoms with Crippen LogP contribution in [0.3, 0.4) is 0 Å². The van der Waals surface area contributed by atoms with Crippen LogP contribution in [-0.4, -0.2) is 12.1 Å². The van der Waals surface area contributed by atoms with Gasteiger partial charge in [-0.25, -0.2) is 4.98 Å². The molecule has 0 atom stereocenters. The summed E-state index contributed by atoms with van der Waals surface area (Å²) in [5, 5.41) is 1.92. The first-order valence-electron chi connectivity index (χ1n) is 6.64. The number of nitrogens with two attached hydrogens (primary N) is 1. The number of hydrogen-bond donors (Lipinski definition) is 1. The van der Waals surface area contributed by atoms with Crippen molar-refractivity contribution in [3.63, 3.8) is 0 Å². The molecule has 4 nitrogen and oxygen atoms in total. The van der Waals surface area contributed by atoms with Gasteiger partial charge in [-0.2, -0.15) is 0 Å². The molecule has 0 unspecified atom stereocenters. The van der Waals surface area contributed by atoms with Crippen LogP contribution in [-0.2, 0) is 0 Å². The summed E-state index contributed by atoms with van der Waals surface area (Å²) in [6.07, 6.45) is 1.72. The largest absolute Gasteiger partial charge is 0.497 e. The van der Waals surface area contributed by atoms with Crippen molar-refractivity contribution in [1.29, 1.82) is 0 Å². The average molecular weight is 280 g/mol. The topological polar surface area (TPSA) is 57.4 Å². The first-order chi connectivity index (χ1) is 10.2. The third-order valence-electron chi connectivity index (χ3n) is 3.31. The molecular formula is C17H16N2O2. The second-order valence-corrected chi connectivity index (χ2v) is 4.85. The normalized spacial score (nSPS) is 10.6. The highest BCUT2D eigenvalue weighted by Gasteiger charge is 2.08. The minimum absolute atomic E-state index is 0.516. The van der Waals surface area contributed by atoms with E-state index in [0.29, 0.717) is 17.3 Å². The summed E-state index contributed by atoms with van der Waals surface area (Å²) in [6.45, 7) is 1.99. The molecule has 2 aromatic carbocycles. The van der Waals surface area contributed by atoms with Crippen molar-refractivity contribution in [3.05, 3.63) is 54.2 Å². The van der Waals surface area contributed by atoms with E-state index in [1.165, 1.54) is 0 Å². The second kappa shape index (κ2) is 5.32. The van der Waals surface area contributed by atoms with Gasteiger partial charge in [-0.1, -0.05) is 12.1 Å². The van der Waals surface area contributed by atoms with Crippen molar-refractivity contribution in [3.8, 4) is 17.4 Å². The van der Waals surface area contributed by atoms with E-state index in [4.69, 9.17) is 15.2 Å².